The van der Waals surface area contributed by atoms with Crippen molar-refractivity contribution in [2.24, 2.45) is 5.73 Å². The molecule has 8 N–H and O–H groups in total. The van der Waals surface area contributed by atoms with Crippen LogP contribution in [0.4, 0.5) is 0 Å². The molecule has 0 fully saturated rings. The maximum absolute atomic E-state index is 12.2. The van der Waals surface area contributed by atoms with Crippen molar-refractivity contribution in [3.05, 3.63) is 18.2 Å². The highest BCUT2D eigenvalue weighted by Gasteiger charge is 2.31. The number of amides is 2. The molecule has 0 saturated heterocycles. The largest absolute Gasteiger partial charge is 0.481 e. The first-order valence-corrected chi connectivity index (χ1v) is 7.58. The van der Waals surface area contributed by atoms with Crippen molar-refractivity contribution in [3.63, 3.8) is 0 Å². The first-order chi connectivity index (χ1) is 12.1. The summed E-state index contributed by atoms with van der Waals surface area (Å²) in [4.78, 5) is 52.7. The van der Waals surface area contributed by atoms with Gasteiger partial charge in [-0.15, -0.1) is 0 Å². The number of hydrogen-bond donors (Lipinski definition) is 7. The van der Waals surface area contributed by atoms with E-state index in [-0.39, 0.29) is 6.42 Å². The van der Waals surface area contributed by atoms with Crippen LogP contribution in [0.3, 0.4) is 0 Å². The van der Waals surface area contributed by atoms with Crippen molar-refractivity contribution >= 4 is 23.8 Å². The molecule has 0 spiro atoms. The summed E-state index contributed by atoms with van der Waals surface area (Å²) in [5.74, 6) is -4.77. The van der Waals surface area contributed by atoms with Gasteiger partial charge in [0.05, 0.1) is 24.9 Å². The number of nitrogens with two attached hydrogens (primary N) is 1. The maximum Gasteiger partial charge on any atom is 0.328 e. The van der Waals surface area contributed by atoms with E-state index < -0.39 is 54.4 Å². The molecule has 0 saturated carbocycles. The lowest BCUT2D eigenvalue weighted by atomic mass is 10.1. The fourth-order valence-corrected chi connectivity index (χ4v) is 2.03. The second kappa shape index (κ2) is 9.48. The van der Waals surface area contributed by atoms with Crippen LogP contribution in [0.5, 0.6) is 0 Å². The fourth-order valence-electron chi connectivity index (χ4n) is 2.03. The van der Waals surface area contributed by atoms with E-state index in [9.17, 15) is 24.3 Å². The first-order valence-electron chi connectivity index (χ1n) is 7.58. The predicted molar refractivity (Wildman–Crippen MR) is 85.7 cm³/mol. The highest BCUT2D eigenvalue weighted by Crippen LogP contribution is 2.01. The van der Waals surface area contributed by atoms with E-state index in [1.807, 2.05) is 5.32 Å². The Morgan fingerprint density at radius 3 is 2.35 bits per heavy atom. The lowest BCUT2D eigenvalue weighted by molar-refractivity contribution is -0.145. The molecule has 144 valence electrons. The van der Waals surface area contributed by atoms with E-state index in [1.165, 1.54) is 12.5 Å². The van der Waals surface area contributed by atoms with Gasteiger partial charge in [-0.25, -0.2) is 9.78 Å². The summed E-state index contributed by atoms with van der Waals surface area (Å²) < 4.78 is 0. The van der Waals surface area contributed by atoms with Crippen LogP contribution in [0.2, 0.25) is 0 Å². The summed E-state index contributed by atoms with van der Waals surface area (Å²) in [6.45, 7) is 1.14. The number of aromatic nitrogens is 2. The normalized spacial score (nSPS) is 15.3. The molecule has 12 heteroatoms. The Bertz CT molecular complexity index is 646. The summed E-state index contributed by atoms with van der Waals surface area (Å²) in [6.07, 6.45) is 0.691. The molecule has 1 aromatic heterocycles. The Balaban J connectivity index is 2.78. The van der Waals surface area contributed by atoms with Crippen LogP contribution < -0.4 is 16.4 Å². The zero-order valence-corrected chi connectivity index (χ0v) is 13.9. The van der Waals surface area contributed by atoms with Gasteiger partial charge in [0.15, 0.2) is 6.04 Å². The smallest absolute Gasteiger partial charge is 0.328 e. The standard InChI is InChI=1S/C14H21N5O7/c1-6(20)11(14(25)26)19-13(24)9(3-10(21)22)18-12(23)8(15)2-7-4-16-5-17-7/h4-6,8-9,11,20H,2-3,15H2,1H3,(H,16,17)(H,18,23)(H,19,24)(H,21,22)(H,25,26). The van der Waals surface area contributed by atoms with Crippen LogP contribution in [-0.4, -0.2) is 73.3 Å². The maximum atomic E-state index is 12.2. The highest BCUT2D eigenvalue weighted by molar-refractivity contribution is 5.94. The van der Waals surface area contributed by atoms with Gasteiger partial charge in [-0.3, -0.25) is 14.4 Å². The number of aromatic amines is 1. The average molecular weight is 371 g/mol. The van der Waals surface area contributed by atoms with E-state index >= 15 is 0 Å². The summed E-state index contributed by atoms with van der Waals surface area (Å²) >= 11 is 0. The summed E-state index contributed by atoms with van der Waals surface area (Å²) in [7, 11) is 0. The van der Waals surface area contributed by atoms with E-state index in [1.54, 1.807) is 0 Å². The quantitative estimate of drug-likeness (QED) is 0.226. The Hall–Kier alpha value is -2.99. The summed E-state index contributed by atoms with van der Waals surface area (Å²) in [5.41, 5.74) is 6.27. The molecule has 0 aromatic carbocycles. The number of carbonyl (C=O) groups is 4. The van der Waals surface area contributed by atoms with Crippen LogP contribution in [0.25, 0.3) is 0 Å². The van der Waals surface area contributed by atoms with E-state index in [4.69, 9.17) is 15.9 Å². The minimum absolute atomic E-state index is 0.0681. The fraction of sp³-hybridized carbons (Fsp3) is 0.500. The van der Waals surface area contributed by atoms with Gasteiger partial charge in [-0.2, -0.15) is 0 Å². The van der Waals surface area contributed by atoms with Gasteiger partial charge >= 0.3 is 11.9 Å². The Labute approximate surface area is 147 Å². The van der Waals surface area contributed by atoms with Crippen molar-refractivity contribution in [1.29, 1.82) is 0 Å². The number of carboxylic acid groups (broad SMARTS) is 2. The number of nitrogens with zero attached hydrogens (tertiary/aromatic N) is 1. The van der Waals surface area contributed by atoms with Gasteiger partial charge in [-0.1, -0.05) is 0 Å². The molecule has 1 heterocycles. The number of aliphatic hydroxyl groups excluding tert-OH is 1. The molecule has 0 bridgehead atoms. The van der Waals surface area contributed by atoms with Crippen LogP contribution in [0.15, 0.2) is 12.5 Å². The molecular weight excluding hydrogens is 350 g/mol. The third kappa shape index (κ3) is 6.49. The van der Waals surface area contributed by atoms with Crippen molar-refractivity contribution in [2.45, 2.75) is 44.0 Å². The zero-order valence-electron chi connectivity index (χ0n) is 13.9. The monoisotopic (exact) mass is 371 g/mol. The number of nitrogens with one attached hydrogen (secondary N) is 3. The van der Waals surface area contributed by atoms with Gasteiger partial charge in [0, 0.05) is 18.3 Å². The van der Waals surface area contributed by atoms with Gasteiger partial charge in [0.25, 0.3) is 0 Å². The van der Waals surface area contributed by atoms with E-state index in [0.29, 0.717) is 5.69 Å². The molecular formula is C14H21N5O7. The van der Waals surface area contributed by atoms with Crippen LogP contribution in [0, 0.1) is 0 Å². The molecule has 26 heavy (non-hydrogen) atoms. The Morgan fingerprint density at radius 2 is 1.88 bits per heavy atom. The lowest BCUT2D eigenvalue weighted by Crippen LogP contribution is -2.57. The number of carbonyl (C=O) groups excluding carboxylic acids is 2. The summed E-state index contributed by atoms with van der Waals surface area (Å²) in [6, 6.07) is -4.31. The van der Waals surface area contributed by atoms with Crippen molar-refractivity contribution < 1.29 is 34.5 Å². The second-order valence-electron chi connectivity index (χ2n) is 5.61. The number of H-pyrrole nitrogens is 1. The topological polar surface area (TPSA) is 208 Å². The number of hydrogen-bond acceptors (Lipinski definition) is 7. The Morgan fingerprint density at radius 1 is 1.23 bits per heavy atom. The summed E-state index contributed by atoms with van der Waals surface area (Å²) in [5, 5.41) is 31.4. The third-order valence-electron chi connectivity index (χ3n) is 3.39. The van der Waals surface area contributed by atoms with Crippen molar-refractivity contribution in [1.82, 2.24) is 20.6 Å². The molecule has 1 aromatic rings. The molecule has 0 aliphatic carbocycles. The molecule has 4 unspecified atom stereocenters. The second-order valence-corrected chi connectivity index (χ2v) is 5.61. The van der Waals surface area contributed by atoms with Gasteiger partial charge in [0.2, 0.25) is 11.8 Å². The Kier molecular flexibility index (Phi) is 7.68. The molecule has 0 aliphatic rings. The molecule has 0 aliphatic heterocycles. The molecule has 12 nitrogen and oxygen atoms in total. The van der Waals surface area contributed by atoms with E-state index in [0.717, 1.165) is 6.92 Å². The minimum Gasteiger partial charge on any atom is -0.481 e. The number of imidazole rings is 1. The van der Waals surface area contributed by atoms with Gasteiger partial charge in [-0.05, 0) is 6.92 Å². The van der Waals surface area contributed by atoms with Gasteiger partial charge in [0.1, 0.15) is 6.04 Å². The zero-order chi connectivity index (χ0) is 19.9. The number of aliphatic carboxylic acids is 2. The SMILES string of the molecule is CC(O)C(NC(=O)C(CC(=O)O)NC(=O)C(N)Cc1cnc[nH]1)C(=O)O. The number of carboxylic acids is 2. The average Bonchev–Trinajstić information content (AvgIpc) is 3.03. The van der Waals surface area contributed by atoms with Crippen molar-refractivity contribution in [2.75, 3.05) is 0 Å². The predicted octanol–water partition coefficient (Wildman–Crippen LogP) is -2.81. The van der Waals surface area contributed by atoms with E-state index in [2.05, 4.69) is 15.3 Å². The third-order valence-corrected chi connectivity index (χ3v) is 3.39. The number of rotatable bonds is 10. The van der Waals surface area contributed by atoms with Crippen molar-refractivity contribution in [3.8, 4) is 0 Å². The first kappa shape index (κ1) is 21.1. The van der Waals surface area contributed by atoms with Gasteiger partial charge < -0.3 is 36.7 Å². The van der Waals surface area contributed by atoms with Crippen LogP contribution in [0.1, 0.15) is 19.0 Å². The van der Waals surface area contributed by atoms with Crippen LogP contribution in [-0.2, 0) is 25.6 Å². The molecule has 1 rings (SSSR count). The number of aliphatic hydroxyl groups is 1. The highest BCUT2D eigenvalue weighted by atomic mass is 16.4. The van der Waals surface area contributed by atoms with Crippen LogP contribution >= 0.6 is 0 Å². The minimum atomic E-state index is -1.66. The molecule has 2 amide bonds. The molecule has 4 atom stereocenters. The lowest BCUT2D eigenvalue weighted by Gasteiger charge is -2.23. The molecule has 0 radical (unpaired) electrons.